The fourth-order valence-electron chi connectivity index (χ4n) is 1.80. The zero-order valence-electron chi connectivity index (χ0n) is 10.3. The van der Waals surface area contributed by atoms with Crippen molar-refractivity contribution in [3.8, 4) is 0 Å². The molecular formula is C13H17N3O2. The van der Waals surface area contributed by atoms with Crippen molar-refractivity contribution < 1.29 is 9.53 Å². The van der Waals surface area contributed by atoms with E-state index in [2.05, 4.69) is 15.6 Å². The van der Waals surface area contributed by atoms with Gasteiger partial charge in [0.15, 0.2) is 5.96 Å². The average molecular weight is 247 g/mol. The first-order valence-electron chi connectivity index (χ1n) is 5.94. The number of rotatable bonds is 5. The van der Waals surface area contributed by atoms with Crippen LogP contribution in [-0.2, 0) is 16.0 Å². The van der Waals surface area contributed by atoms with E-state index in [1.165, 1.54) is 0 Å². The molecule has 1 aliphatic heterocycles. The first-order valence-corrected chi connectivity index (χ1v) is 5.94. The van der Waals surface area contributed by atoms with Gasteiger partial charge in [0.1, 0.15) is 6.04 Å². The Morgan fingerprint density at radius 1 is 1.33 bits per heavy atom. The lowest BCUT2D eigenvalue weighted by Gasteiger charge is -2.07. The molecule has 5 nitrogen and oxygen atoms in total. The van der Waals surface area contributed by atoms with Gasteiger partial charge in [0.2, 0.25) is 5.91 Å². The number of hydrogen-bond acceptors (Lipinski definition) is 3. The van der Waals surface area contributed by atoms with Gasteiger partial charge in [-0.05, 0) is 5.56 Å². The third kappa shape index (κ3) is 3.30. The zero-order chi connectivity index (χ0) is 12.8. The number of ether oxygens (including phenoxy) is 1. The summed E-state index contributed by atoms with van der Waals surface area (Å²) in [4.78, 5) is 15.9. The average Bonchev–Trinajstić information content (AvgIpc) is 2.72. The van der Waals surface area contributed by atoms with Crippen molar-refractivity contribution in [1.29, 1.82) is 0 Å². The predicted molar refractivity (Wildman–Crippen MR) is 69.4 cm³/mol. The molecule has 1 aromatic rings. The second kappa shape index (κ2) is 6.16. The lowest BCUT2D eigenvalue weighted by Crippen LogP contribution is -2.31. The summed E-state index contributed by atoms with van der Waals surface area (Å²) in [5, 5.41) is 5.81. The highest BCUT2D eigenvalue weighted by atomic mass is 16.5. The van der Waals surface area contributed by atoms with E-state index in [9.17, 15) is 4.79 Å². The minimum absolute atomic E-state index is 0.0324. The molecule has 1 aromatic carbocycles. The van der Waals surface area contributed by atoms with Crippen LogP contribution in [0.5, 0.6) is 0 Å². The number of guanidine groups is 1. The van der Waals surface area contributed by atoms with Crippen molar-refractivity contribution in [2.75, 3.05) is 20.3 Å². The Morgan fingerprint density at radius 2 is 2.11 bits per heavy atom. The molecule has 0 aliphatic carbocycles. The highest BCUT2D eigenvalue weighted by molar-refractivity contribution is 6.06. The van der Waals surface area contributed by atoms with Crippen molar-refractivity contribution >= 4 is 11.9 Å². The van der Waals surface area contributed by atoms with Crippen LogP contribution in [0.15, 0.2) is 35.3 Å². The Bertz CT molecular complexity index is 431. The summed E-state index contributed by atoms with van der Waals surface area (Å²) >= 11 is 0. The maximum atomic E-state index is 11.7. The van der Waals surface area contributed by atoms with Crippen LogP contribution in [0.1, 0.15) is 5.56 Å². The Kier molecular flexibility index (Phi) is 4.30. The van der Waals surface area contributed by atoms with Crippen LogP contribution in [0.2, 0.25) is 0 Å². The lowest BCUT2D eigenvalue weighted by molar-refractivity contribution is -0.120. The minimum Gasteiger partial charge on any atom is -0.383 e. The number of carbonyl (C=O) groups excluding carboxylic acids is 1. The van der Waals surface area contributed by atoms with Gasteiger partial charge in [0.25, 0.3) is 0 Å². The summed E-state index contributed by atoms with van der Waals surface area (Å²) in [5.74, 6) is 0.507. The second-order valence-electron chi connectivity index (χ2n) is 4.10. The number of nitrogens with zero attached hydrogens (tertiary/aromatic N) is 1. The Labute approximate surface area is 106 Å². The largest absolute Gasteiger partial charge is 0.383 e. The van der Waals surface area contributed by atoms with E-state index < -0.39 is 0 Å². The van der Waals surface area contributed by atoms with Crippen molar-refractivity contribution in [3.05, 3.63) is 35.9 Å². The van der Waals surface area contributed by atoms with E-state index in [0.29, 0.717) is 25.5 Å². The van der Waals surface area contributed by atoms with Gasteiger partial charge in [0, 0.05) is 13.5 Å². The third-order valence-electron chi connectivity index (χ3n) is 2.72. The quantitative estimate of drug-likeness (QED) is 0.737. The van der Waals surface area contributed by atoms with E-state index in [1.807, 2.05) is 30.3 Å². The fraction of sp³-hybridized carbons (Fsp3) is 0.385. The van der Waals surface area contributed by atoms with Crippen LogP contribution in [-0.4, -0.2) is 38.2 Å². The number of amides is 1. The summed E-state index contributed by atoms with van der Waals surface area (Å²) in [6, 6.07) is 9.67. The topological polar surface area (TPSA) is 62.7 Å². The first-order chi connectivity index (χ1) is 8.79. The molecule has 1 unspecified atom stereocenters. The molecule has 96 valence electrons. The summed E-state index contributed by atoms with van der Waals surface area (Å²) in [5.41, 5.74) is 1.13. The fourth-order valence-corrected chi connectivity index (χ4v) is 1.80. The molecule has 0 bridgehead atoms. The lowest BCUT2D eigenvalue weighted by atomic mass is 10.1. The maximum Gasteiger partial charge on any atom is 0.249 e. The van der Waals surface area contributed by atoms with Crippen LogP contribution in [0.4, 0.5) is 0 Å². The van der Waals surface area contributed by atoms with Crippen molar-refractivity contribution in [2.45, 2.75) is 12.5 Å². The molecule has 1 amide bonds. The molecule has 1 fully saturated rings. The highest BCUT2D eigenvalue weighted by Gasteiger charge is 2.27. The van der Waals surface area contributed by atoms with E-state index >= 15 is 0 Å². The summed E-state index contributed by atoms with van der Waals surface area (Å²) in [7, 11) is 1.62. The molecule has 18 heavy (non-hydrogen) atoms. The Balaban J connectivity index is 1.91. The standard InChI is InChI=1S/C13H17N3O2/c1-18-8-7-14-13-15-11(12(17)16-13)9-10-5-3-2-4-6-10/h2-6,11H,7-9H2,1H3,(H2,14,15,16,17). The highest BCUT2D eigenvalue weighted by Crippen LogP contribution is 2.05. The summed E-state index contributed by atoms with van der Waals surface area (Å²) in [6.45, 7) is 1.08. The van der Waals surface area contributed by atoms with E-state index in [1.54, 1.807) is 7.11 Å². The molecule has 5 heteroatoms. The second-order valence-corrected chi connectivity index (χ2v) is 4.10. The van der Waals surface area contributed by atoms with Crippen molar-refractivity contribution in [2.24, 2.45) is 4.99 Å². The third-order valence-corrected chi connectivity index (χ3v) is 2.72. The number of methoxy groups -OCH3 is 1. The van der Waals surface area contributed by atoms with Crippen molar-refractivity contribution in [3.63, 3.8) is 0 Å². The molecule has 0 radical (unpaired) electrons. The number of hydrogen-bond donors (Lipinski definition) is 2. The minimum atomic E-state index is -0.242. The maximum absolute atomic E-state index is 11.7. The van der Waals surface area contributed by atoms with Crippen LogP contribution in [0.3, 0.4) is 0 Å². The van der Waals surface area contributed by atoms with E-state index in [-0.39, 0.29) is 11.9 Å². The first kappa shape index (κ1) is 12.6. The molecule has 2 N–H and O–H groups in total. The van der Waals surface area contributed by atoms with Crippen molar-refractivity contribution in [1.82, 2.24) is 10.6 Å². The molecule has 1 saturated heterocycles. The molecule has 0 aromatic heterocycles. The molecule has 1 heterocycles. The van der Waals surface area contributed by atoms with Crippen LogP contribution in [0.25, 0.3) is 0 Å². The molecule has 1 aliphatic rings. The smallest absolute Gasteiger partial charge is 0.249 e. The van der Waals surface area contributed by atoms with Gasteiger partial charge >= 0.3 is 0 Å². The van der Waals surface area contributed by atoms with Gasteiger partial charge in [-0.2, -0.15) is 0 Å². The molecule has 1 atom stereocenters. The zero-order valence-corrected chi connectivity index (χ0v) is 10.3. The van der Waals surface area contributed by atoms with Gasteiger partial charge in [0.05, 0.1) is 13.2 Å². The van der Waals surface area contributed by atoms with Crippen LogP contribution in [0, 0.1) is 0 Å². The molecule has 0 saturated carbocycles. The SMILES string of the molecule is COCCN=C1NC(=O)C(Cc2ccccc2)N1. The van der Waals surface area contributed by atoms with Gasteiger partial charge in [-0.3, -0.25) is 15.1 Å². The normalized spacial score (nSPS) is 20.8. The monoisotopic (exact) mass is 247 g/mol. The predicted octanol–water partition coefficient (Wildman–Crippen LogP) is 0.319. The number of aliphatic imine (C=N–C) groups is 1. The molecule has 2 rings (SSSR count). The Morgan fingerprint density at radius 3 is 2.83 bits per heavy atom. The van der Waals surface area contributed by atoms with Crippen LogP contribution >= 0.6 is 0 Å². The number of benzene rings is 1. The Hall–Kier alpha value is -1.88. The van der Waals surface area contributed by atoms with Gasteiger partial charge < -0.3 is 10.1 Å². The number of carbonyl (C=O) groups is 1. The molecule has 0 spiro atoms. The van der Waals surface area contributed by atoms with E-state index in [0.717, 1.165) is 5.56 Å². The van der Waals surface area contributed by atoms with Gasteiger partial charge in [-0.1, -0.05) is 30.3 Å². The molecular weight excluding hydrogens is 230 g/mol. The number of nitrogens with one attached hydrogen (secondary N) is 2. The summed E-state index contributed by atoms with van der Waals surface area (Å²) in [6.07, 6.45) is 0.663. The van der Waals surface area contributed by atoms with Gasteiger partial charge in [-0.15, -0.1) is 0 Å². The van der Waals surface area contributed by atoms with Crippen LogP contribution < -0.4 is 10.6 Å². The van der Waals surface area contributed by atoms with E-state index in [4.69, 9.17) is 4.74 Å². The van der Waals surface area contributed by atoms with Gasteiger partial charge in [-0.25, -0.2) is 0 Å². The summed E-state index contributed by atoms with van der Waals surface area (Å²) < 4.78 is 4.90.